The van der Waals surface area contributed by atoms with Gasteiger partial charge in [-0.05, 0) is 94.1 Å². The van der Waals surface area contributed by atoms with Crippen molar-refractivity contribution in [1.82, 2.24) is 0 Å². The molecule has 11 atom stereocenters. The zero-order chi connectivity index (χ0) is 26.2. The van der Waals surface area contributed by atoms with Gasteiger partial charge >= 0.3 is 0 Å². The molecule has 0 aromatic rings. The third-order valence-electron chi connectivity index (χ3n) is 10.8. The van der Waals surface area contributed by atoms with E-state index >= 15 is 0 Å². The Labute approximate surface area is 207 Å². The van der Waals surface area contributed by atoms with Crippen molar-refractivity contribution >= 4 is 5.78 Å². The summed E-state index contributed by atoms with van der Waals surface area (Å²) < 4.78 is 0. The average Bonchev–Trinajstić information content (AvgIpc) is 3.06. The van der Waals surface area contributed by atoms with Crippen LogP contribution in [0.15, 0.2) is 11.6 Å². The first-order valence-electron chi connectivity index (χ1n) is 13.1. The summed E-state index contributed by atoms with van der Waals surface area (Å²) in [4.78, 5) is 13.3. The van der Waals surface area contributed by atoms with E-state index in [9.17, 15) is 40.5 Å². The average molecular weight is 497 g/mol. The van der Waals surface area contributed by atoms with Gasteiger partial charge in [-0.15, -0.1) is 0 Å². The third-order valence-corrected chi connectivity index (χ3v) is 10.8. The van der Waals surface area contributed by atoms with Crippen LogP contribution in [-0.2, 0) is 4.79 Å². The molecule has 0 heterocycles. The van der Waals surface area contributed by atoms with Crippen LogP contribution in [0.2, 0.25) is 0 Å². The summed E-state index contributed by atoms with van der Waals surface area (Å²) in [5.74, 6) is -1.08. The van der Waals surface area contributed by atoms with Crippen molar-refractivity contribution in [3.63, 3.8) is 0 Å². The van der Waals surface area contributed by atoms with Crippen molar-refractivity contribution in [2.24, 2.45) is 28.6 Å². The lowest BCUT2D eigenvalue weighted by Gasteiger charge is -2.60. The minimum atomic E-state index is -1.55. The number of allylic oxidation sites excluding steroid dienone is 1. The van der Waals surface area contributed by atoms with E-state index in [1.165, 1.54) is 6.92 Å². The van der Waals surface area contributed by atoms with Gasteiger partial charge in [0.25, 0.3) is 0 Å². The van der Waals surface area contributed by atoms with E-state index in [0.29, 0.717) is 37.7 Å². The monoisotopic (exact) mass is 496 g/mol. The van der Waals surface area contributed by atoms with Crippen LogP contribution in [0.1, 0.15) is 79.1 Å². The Hall–Kier alpha value is -0.870. The molecule has 8 nitrogen and oxygen atoms in total. The van der Waals surface area contributed by atoms with E-state index in [1.54, 1.807) is 13.0 Å². The van der Waals surface area contributed by atoms with Gasteiger partial charge in [-0.2, -0.15) is 0 Å². The van der Waals surface area contributed by atoms with E-state index < -0.39 is 64.4 Å². The Bertz CT molecular complexity index is 882. The van der Waals surface area contributed by atoms with Gasteiger partial charge in [0.05, 0.1) is 41.7 Å². The van der Waals surface area contributed by atoms with Crippen LogP contribution in [0.3, 0.4) is 0 Å². The number of ketones is 1. The number of hydrogen-bond acceptors (Lipinski definition) is 8. The maximum atomic E-state index is 13.3. The number of hydrogen-bond donors (Lipinski definition) is 7. The molecule has 0 saturated heterocycles. The molecule has 3 fully saturated rings. The second-order valence-electron chi connectivity index (χ2n) is 13.0. The summed E-state index contributed by atoms with van der Waals surface area (Å²) in [5.41, 5.74) is -4.90. The molecule has 4 rings (SSSR count). The summed E-state index contributed by atoms with van der Waals surface area (Å²) in [6, 6.07) is 0. The topological polar surface area (TPSA) is 159 Å². The van der Waals surface area contributed by atoms with Crippen molar-refractivity contribution in [2.75, 3.05) is 6.61 Å². The fourth-order valence-corrected chi connectivity index (χ4v) is 8.36. The van der Waals surface area contributed by atoms with Gasteiger partial charge in [-0.3, -0.25) is 4.79 Å². The molecular weight excluding hydrogens is 452 g/mol. The molecule has 35 heavy (non-hydrogen) atoms. The first-order valence-corrected chi connectivity index (χ1v) is 13.1. The lowest BCUT2D eigenvalue weighted by Crippen LogP contribution is -2.62. The maximum absolute atomic E-state index is 13.3. The molecule has 3 unspecified atom stereocenters. The molecule has 0 radical (unpaired) electrons. The molecule has 0 aliphatic heterocycles. The van der Waals surface area contributed by atoms with E-state index in [2.05, 4.69) is 0 Å². The number of aliphatic hydroxyl groups is 7. The summed E-state index contributed by atoms with van der Waals surface area (Å²) >= 11 is 0. The Kier molecular flexibility index (Phi) is 6.66. The Morgan fingerprint density at radius 2 is 1.74 bits per heavy atom. The number of aliphatic hydroxyl groups excluding tert-OH is 4. The standard InChI is InChI=1S/C27H44O8/c1-23(33,14-28)8-7-22(32)26(4,34)21-6-10-27(35)16-11-18(29)17-12-19(30)20(31)13-24(17,2)15(16)5-9-25(21,27)3/h11,15,17,19-22,28,30-35H,5-10,12-14H2,1-4H3/t15?,17-,19+,20-,21+,22+,23?,24+,25+,26?,27+/m0/s1. The molecule has 8 heteroatoms. The highest BCUT2D eigenvalue weighted by atomic mass is 16.3. The maximum Gasteiger partial charge on any atom is 0.159 e. The van der Waals surface area contributed by atoms with E-state index in [4.69, 9.17) is 0 Å². The number of carbonyl (C=O) groups is 1. The van der Waals surface area contributed by atoms with Gasteiger partial charge in [-0.1, -0.05) is 13.8 Å². The zero-order valence-electron chi connectivity index (χ0n) is 21.4. The quantitative estimate of drug-likeness (QED) is 0.285. The van der Waals surface area contributed by atoms with E-state index in [1.807, 2.05) is 13.8 Å². The van der Waals surface area contributed by atoms with Crippen LogP contribution in [-0.4, -0.2) is 83.3 Å². The molecular formula is C27H44O8. The van der Waals surface area contributed by atoms with Crippen LogP contribution < -0.4 is 0 Å². The van der Waals surface area contributed by atoms with Crippen molar-refractivity contribution in [2.45, 2.75) is 114 Å². The molecule has 0 bridgehead atoms. The van der Waals surface area contributed by atoms with Crippen molar-refractivity contribution in [3.05, 3.63) is 11.6 Å². The van der Waals surface area contributed by atoms with Crippen molar-refractivity contribution in [3.8, 4) is 0 Å². The molecule has 0 aromatic heterocycles. The molecule has 4 aliphatic carbocycles. The summed E-state index contributed by atoms with van der Waals surface area (Å²) in [5, 5.41) is 74.9. The van der Waals surface area contributed by atoms with Gasteiger partial charge in [0.2, 0.25) is 0 Å². The SMILES string of the molecule is CC(O)(CO)CC[C@@H](O)C(C)(O)[C@@H]1CC[C@@]2(O)C3=CC(=O)[C@@H]4C[C@@H](O)[C@@H](O)C[C@]4(C)C3CC[C@]12C. The highest BCUT2D eigenvalue weighted by Gasteiger charge is 2.69. The van der Waals surface area contributed by atoms with Crippen LogP contribution in [0.4, 0.5) is 0 Å². The van der Waals surface area contributed by atoms with Crippen LogP contribution in [0.25, 0.3) is 0 Å². The number of fused-ring (bicyclic) bond motifs is 5. The van der Waals surface area contributed by atoms with Gasteiger partial charge < -0.3 is 35.7 Å². The fourth-order valence-electron chi connectivity index (χ4n) is 8.36. The second kappa shape index (κ2) is 8.58. The number of carbonyl (C=O) groups excluding carboxylic acids is 1. The highest BCUT2D eigenvalue weighted by Crippen LogP contribution is 2.68. The van der Waals surface area contributed by atoms with Crippen LogP contribution >= 0.6 is 0 Å². The molecule has 3 saturated carbocycles. The van der Waals surface area contributed by atoms with Crippen molar-refractivity contribution in [1.29, 1.82) is 0 Å². The predicted molar refractivity (Wildman–Crippen MR) is 128 cm³/mol. The smallest absolute Gasteiger partial charge is 0.159 e. The first kappa shape index (κ1) is 27.2. The Morgan fingerprint density at radius 3 is 2.37 bits per heavy atom. The van der Waals surface area contributed by atoms with Crippen molar-refractivity contribution < 1.29 is 40.5 Å². The summed E-state index contributed by atoms with van der Waals surface area (Å²) in [6.07, 6.45) is 1.37. The summed E-state index contributed by atoms with van der Waals surface area (Å²) in [6.45, 7) is 6.54. The third kappa shape index (κ3) is 3.95. The van der Waals surface area contributed by atoms with E-state index in [-0.39, 0.29) is 31.0 Å². The van der Waals surface area contributed by atoms with Gasteiger partial charge in [0.15, 0.2) is 5.78 Å². The van der Waals surface area contributed by atoms with Gasteiger partial charge in [-0.25, -0.2) is 0 Å². The molecule has 4 aliphatic rings. The van der Waals surface area contributed by atoms with E-state index in [0.717, 1.165) is 0 Å². The molecule has 0 aromatic carbocycles. The minimum absolute atomic E-state index is 0.0926. The fraction of sp³-hybridized carbons (Fsp3) is 0.889. The molecule has 200 valence electrons. The highest BCUT2D eigenvalue weighted by molar-refractivity contribution is 5.95. The van der Waals surface area contributed by atoms with Crippen LogP contribution in [0.5, 0.6) is 0 Å². The minimum Gasteiger partial charge on any atom is -0.393 e. The van der Waals surface area contributed by atoms with Crippen LogP contribution in [0, 0.1) is 28.6 Å². The summed E-state index contributed by atoms with van der Waals surface area (Å²) in [7, 11) is 0. The van der Waals surface area contributed by atoms with Gasteiger partial charge in [0.1, 0.15) is 0 Å². The number of rotatable bonds is 6. The second-order valence-corrected chi connectivity index (χ2v) is 13.0. The Morgan fingerprint density at radius 1 is 1.09 bits per heavy atom. The lowest BCUT2D eigenvalue weighted by atomic mass is 9.45. The largest absolute Gasteiger partial charge is 0.393 e. The lowest BCUT2D eigenvalue weighted by molar-refractivity contribution is -0.177. The normalized spacial score (nSPS) is 47.6. The van der Waals surface area contributed by atoms with Gasteiger partial charge in [0, 0.05) is 11.3 Å². The zero-order valence-corrected chi connectivity index (χ0v) is 21.4. The first-order chi connectivity index (χ1) is 16.0. The molecule has 0 amide bonds. The molecule has 0 spiro atoms. The molecule has 7 N–H and O–H groups in total. The Balaban J connectivity index is 1.64. The predicted octanol–water partition coefficient (Wildman–Crippen LogP) is 0.826.